The Labute approximate surface area is 156 Å². The average Bonchev–Trinajstić information content (AvgIpc) is 3.30. The van der Waals surface area contributed by atoms with Gasteiger partial charge in [0, 0.05) is 5.56 Å². The van der Waals surface area contributed by atoms with Gasteiger partial charge in [-0.1, -0.05) is 19.9 Å². The number of amides is 2. The first-order valence-corrected chi connectivity index (χ1v) is 9.15. The predicted octanol–water partition coefficient (Wildman–Crippen LogP) is 2.41. The summed E-state index contributed by atoms with van der Waals surface area (Å²) in [7, 11) is 0. The zero-order valence-electron chi connectivity index (χ0n) is 15.5. The highest BCUT2D eigenvalue weighted by Gasteiger charge is 2.56. The molecule has 2 aromatic rings. The second-order valence-electron chi connectivity index (χ2n) is 8.46. The molecule has 1 aromatic carbocycles. The summed E-state index contributed by atoms with van der Waals surface area (Å²) >= 11 is 0. The molecule has 142 valence electrons. The molecule has 0 aliphatic heterocycles. The molecule has 0 unspecified atom stereocenters. The number of primary amides is 1. The number of halogens is 1. The highest BCUT2D eigenvalue weighted by molar-refractivity contribution is 6.07. The monoisotopic (exact) mass is 370 g/mol. The molecular weight excluding hydrogens is 347 g/mol. The Bertz CT molecular complexity index is 930. The molecule has 1 aromatic heterocycles. The largest absolute Gasteiger partial charge is 0.369 e. The fraction of sp³-hybridized carbons (Fsp3) is 0.450. The first-order valence-electron chi connectivity index (χ1n) is 9.15. The Kier molecular flexibility index (Phi) is 3.87. The van der Waals surface area contributed by atoms with Crippen molar-refractivity contribution in [2.45, 2.75) is 45.6 Å². The molecule has 3 N–H and O–H groups in total. The Morgan fingerprint density at radius 3 is 2.70 bits per heavy atom. The van der Waals surface area contributed by atoms with Crippen LogP contribution in [0.3, 0.4) is 0 Å². The molecule has 6 nitrogen and oxygen atoms in total. The van der Waals surface area contributed by atoms with Crippen molar-refractivity contribution in [2.24, 2.45) is 16.6 Å². The number of nitrogens with one attached hydrogen (secondary N) is 1. The summed E-state index contributed by atoms with van der Waals surface area (Å²) in [6.07, 6.45) is 4.21. The minimum atomic E-state index is -1.06. The molecule has 1 saturated carbocycles. The summed E-state index contributed by atoms with van der Waals surface area (Å²) in [5.41, 5.74) is 6.80. The molecule has 0 radical (unpaired) electrons. The van der Waals surface area contributed by atoms with E-state index in [0.29, 0.717) is 18.5 Å². The van der Waals surface area contributed by atoms with Crippen molar-refractivity contribution in [1.82, 2.24) is 15.1 Å². The van der Waals surface area contributed by atoms with Crippen molar-refractivity contribution in [3.8, 4) is 5.69 Å². The van der Waals surface area contributed by atoms with Crippen molar-refractivity contribution in [3.05, 3.63) is 47.5 Å². The van der Waals surface area contributed by atoms with Crippen molar-refractivity contribution >= 4 is 11.8 Å². The number of rotatable bonds is 4. The van der Waals surface area contributed by atoms with Crippen LogP contribution in [0.15, 0.2) is 30.5 Å². The molecule has 2 aliphatic rings. The lowest BCUT2D eigenvalue weighted by Gasteiger charge is -2.36. The maximum Gasteiger partial charge on any atom is 0.236 e. The van der Waals surface area contributed by atoms with Crippen molar-refractivity contribution in [2.75, 3.05) is 0 Å². The number of fused-ring (bicyclic) bond motifs is 1. The van der Waals surface area contributed by atoms with Gasteiger partial charge in [-0.05, 0) is 49.3 Å². The van der Waals surface area contributed by atoms with Crippen molar-refractivity contribution < 1.29 is 14.0 Å². The topological polar surface area (TPSA) is 90.0 Å². The standard InChI is InChI=1S/C20H23FN4O2/c1-19(2)9-15(24-18(27)20(6-7-20)17(22)26)14-11-23-25(16(14)10-19)13-5-3-4-12(21)8-13/h3-5,8,11,15H,6-7,9-10H2,1-2H3,(H2,22,26)(H,24,27)/t15-/m0/s1. The lowest BCUT2D eigenvalue weighted by molar-refractivity contribution is -0.136. The van der Waals surface area contributed by atoms with Crippen LogP contribution in [0.2, 0.25) is 0 Å². The molecule has 2 aliphatic carbocycles. The number of hydrogen-bond donors (Lipinski definition) is 2. The van der Waals surface area contributed by atoms with Crippen LogP contribution in [0.25, 0.3) is 5.69 Å². The fourth-order valence-electron chi connectivity index (χ4n) is 4.01. The molecule has 1 fully saturated rings. The van der Waals surface area contributed by atoms with Crippen LogP contribution < -0.4 is 11.1 Å². The second-order valence-corrected chi connectivity index (χ2v) is 8.46. The van der Waals surface area contributed by atoms with Crippen LogP contribution in [0.5, 0.6) is 0 Å². The number of benzene rings is 1. The van der Waals surface area contributed by atoms with Crippen LogP contribution in [0, 0.1) is 16.6 Å². The van der Waals surface area contributed by atoms with E-state index in [2.05, 4.69) is 24.3 Å². The smallest absolute Gasteiger partial charge is 0.236 e. The van der Waals surface area contributed by atoms with Gasteiger partial charge in [-0.25, -0.2) is 9.07 Å². The summed E-state index contributed by atoms with van der Waals surface area (Å²) in [6.45, 7) is 4.25. The Morgan fingerprint density at radius 1 is 1.33 bits per heavy atom. The fourth-order valence-corrected chi connectivity index (χ4v) is 4.01. The molecule has 0 spiro atoms. The van der Waals surface area contributed by atoms with E-state index in [1.165, 1.54) is 12.1 Å². The molecule has 4 rings (SSSR count). The normalized spacial score (nSPS) is 22.0. The molecule has 2 amide bonds. The van der Waals surface area contributed by atoms with Gasteiger partial charge in [0.05, 0.1) is 23.6 Å². The lowest BCUT2D eigenvalue weighted by Crippen LogP contribution is -2.44. The molecule has 7 heteroatoms. The molecule has 0 saturated heterocycles. The maximum absolute atomic E-state index is 13.7. The summed E-state index contributed by atoms with van der Waals surface area (Å²) in [5, 5.41) is 7.48. The molecule has 1 heterocycles. The summed E-state index contributed by atoms with van der Waals surface area (Å²) in [6, 6.07) is 6.03. The zero-order valence-corrected chi connectivity index (χ0v) is 15.5. The quantitative estimate of drug-likeness (QED) is 0.810. The van der Waals surface area contributed by atoms with Crippen LogP contribution in [-0.2, 0) is 16.0 Å². The highest BCUT2D eigenvalue weighted by atomic mass is 19.1. The van der Waals surface area contributed by atoms with E-state index in [-0.39, 0.29) is 23.2 Å². The average molecular weight is 370 g/mol. The van der Waals surface area contributed by atoms with E-state index >= 15 is 0 Å². The number of carbonyl (C=O) groups is 2. The lowest BCUT2D eigenvalue weighted by atomic mass is 9.74. The second kappa shape index (κ2) is 5.90. The number of nitrogens with zero attached hydrogens (tertiary/aromatic N) is 2. The minimum Gasteiger partial charge on any atom is -0.369 e. The minimum absolute atomic E-state index is 0.0838. The van der Waals surface area contributed by atoms with Gasteiger partial charge < -0.3 is 11.1 Å². The van der Waals surface area contributed by atoms with E-state index in [9.17, 15) is 14.0 Å². The van der Waals surface area contributed by atoms with Gasteiger partial charge in [0.15, 0.2) is 0 Å². The van der Waals surface area contributed by atoms with E-state index in [1.54, 1.807) is 23.0 Å². The van der Waals surface area contributed by atoms with E-state index < -0.39 is 11.3 Å². The van der Waals surface area contributed by atoms with Crippen LogP contribution >= 0.6 is 0 Å². The van der Waals surface area contributed by atoms with E-state index in [0.717, 1.165) is 24.1 Å². The van der Waals surface area contributed by atoms with Crippen molar-refractivity contribution in [1.29, 1.82) is 0 Å². The SMILES string of the molecule is CC1(C)Cc2c(cnn2-c2cccc(F)c2)[C@@H](NC(=O)C2(C(N)=O)CC2)C1. The van der Waals surface area contributed by atoms with Gasteiger partial charge in [-0.15, -0.1) is 0 Å². The third-order valence-electron chi connectivity index (χ3n) is 5.69. The summed E-state index contributed by atoms with van der Waals surface area (Å²) in [4.78, 5) is 24.4. The van der Waals surface area contributed by atoms with Crippen LogP contribution in [-0.4, -0.2) is 21.6 Å². The van der Waals surface area contributed by atoms with E-state index in [1.807, 2.05) is 0 Å². The van der Waals surface area contributed by atoms with Crippen LogP contribution in [0.4, 0.5) is 4.39 Å². The van der Waals surface area contributed by atoms with Gasteiger partial charge >= 0.3 is 0 Å². The maximum atomic E-state index is 13.7. The molecule has 0 bridgehead atoms. The highest BCUT2D eigenvalue weighted by Crippen LogP contribution is 2.47. The number of hydrogen-bond acceptors (Lipinski definition) is 3. The van der Waals surface area contributed by atoms with Crippen molar-refractivity contribution in [3.63, 3.8) is 0 Å². The van der Waals surface area contributed by atoms with E-state index in [4.69, 9.17) is 5.73 Å². The summed E-state index contributed by atoms with van der Waals surface area (Å²) in [5.74, 6) is -1.19. The Balaban J connectivity index is 1.69. The third kappa shape index (κ3) is 3.01. The number of nitrogens with two attached hydrogens (primary N) is 1. The Hall–Kier alpha value is -2.70. The Morgan fingerprint density at radius 2 is 2.07 bits per heavy atom. The first kappa shape index (κ1) is 17.7. The first-order chi connectivity index (χ1) is 12.7. The van der Waals surface area contributed by atoms with Gasteiger partial charge in [-0.3, -0.25) is 9.59 Å². The van der Waals surface area contributed by atoms with Gasteiger partial charge in [-0.2, -0.15) is 5.10 Å². The van der Waals surface area contributed by atoms with Gasteiger partial charge in [0.1, 0.15) is 11.2 Å². The number of aromatic nitrogens is 2. The third-order valence-corrected chi connectivity index (χ3v) is 5.69. The zero-order chi connectivity index (χ0) is 19.4. The predicted molar refractivity (Wildman–Crippen MR) is 97.4 cm³/mol. The molecule has 27 heavy (non-hydrogen) atoms. The molecular formula is C20H23FN4O2. The number of carbonyl (C=O) groups excluding carboxylic acids is 2. The van der Waals surface area contributed by atoms with Crippen LogP contribution in [0.1, 0.15) is 50.4 Å². The van der Waals surface area contributed by atoms with Gasteiger partial charge in [0.25, 0.3) is 0 Å². The van der Waals surface area contributed by atoms with Gasteiger partial charge in [0.2, 0.25) is 11.8 Å². The summed E-state index contributed by atoms with van der Waals surface area (Å²) < 4.78 is 15.4. The molecule has 1 atom stereocenters.